The van der Waals surface area contributed by atoms with Gasteiger partial charge in [-0.1, -0.05) is 36.2 Å². The van der Waals surface area contributed by atoms with Crippen LogP contribution in [0.15, 0.2) is 47.6 Å². The predicted octanol–water partition coefficient (Wildman–Crippen LogP) is 4.50. The van der Waals surface area contributed by atoms with Gasteiger partial charge in [-0.05, 0) is 42.8 Å². The number of amides is 2. The van der Waals surface area contributed by atoms with Crippen LogP contribution in [0, 0.1) is 0 Å². The van der Waals surface area contributed by atoms with Crippen molar-refractivity contribution in [1.29, 1.82) is 0 Å². The smallest absolute Gasteiger partial charge is 0.271 e. The molecule has 0 fully saturated rings. The maximum Gasteiger partial charge on any atom is 0.271 e. The summed E-state index contributed by atoms with van der Waals surface area (Å²) in [6.45, 7) is 1.93. The third kappa shape index (κ3) is 5.59. The molecule has 0 heterocycles. The highest BCUT2D eigenvalue weighted by atomic mass is 35.5. The Morgan fingerprint density at radius 3 is 2.32 bits per heavy atom. The fourth-order valence-electron chi connectivity index (χ4n) is 2.01. The minimum absolute atomic E-state index is 0.0547. The van der Waals surface area contributed by atoms with Gasteiger partial charge < -0.3 is 5.32 Å². The van der Waals surface area contributed by atoms with E-state index in [0.717, 1.165) is 6.42 Å². The highest BCUT2D eigenvalue weighted by Crippen LogP contribution is 2.22. The third-order valence-corrected chi connectivity index (χ3v) is 3.93. The van der Waals surface area contributed by atoms with Gasteiger partial charge in [0.25, 0.3) is 5.91 Å². The fraction of sp³-hybridized carbons (Fsp3) is 0.167. The van der Waals surface area contributed by atoms with Crippen LogP contribution in [0.2, 0.25) is 10.0 Å². The van der Waals surface area contributed by atoms with Gasteiger partial charge >= 0.3 is 0 Å². The molecule has 0 bridgehead atoms. The molecule has 0 unspecified atom stereocenters. The molecule has 7 heteroatoms. The first-order valence-corrected chi connectivity index (χ1v) is 8.44. The number of carbonyl (C=O) groups excluding carboxylic acids is 2. The van der Waals surface area contributed by atoms with Gasteiger partial charge in [0.2, 0.25) is 5.91 Å². The molecule has 0 saturated heterocycles. The Kier molecular flexibility index (Phi) is 6.98. The molecule has 0 aliphatic rings. The van der Waals surface area contributed by atoms with Crippen LogP contribution >= 0.6 is 23.2 Å². The molecule has 0 aromatic heterocycles. The molecule has 25 heavy (non-hydrogen) atoms. The second kappa shape index (κ2) is 9.20. The van der Waals surface area contributed by atoms with Gasteiger partial charge in [0.1, 0.15) is 0 Å². The van der Waals surface area contributed by atoms with Crippen LogP contribution in [-0.2, 0) is 4.79 Å². The summed E-state index contributed by atoms with van der Waals surface area (Å²) in [5.41, 5.74) is 3.99. The maximum atomic E-state index is 12.1. The number of benzene rings is 2. The number of nitrogens with zero attached hydrogens (tertiary/aromatic N) is 1. The molecule has 2 N–H and O–H groups in total. The van der Waals surface area contributed by atoms with Crippen LogP contribution in [-0.4, -0.2) is 18.0 Å². The maximum absolute atomic E-state index is 12.1. The zero-order valence-corrected chi connectivity index (χ0v) is 15.1. The quantitative estimate of drug-likeness (QED) is 0.574. The predicted molar refractivity (Wildman–Crippen MR) is 102 cm³/mol. The molecular weight excluding hydrogens is 361 g/mol. The van der Waals surface area contributed by atoms with Crippen LogP contribution in [0.3, 0.4) is 0 Å². The normalized spacial score (nSPS) is 10.7. The summed E-state index contributed by atoms with van der Waals surface area (Å²) < 4.78 is 0. The number of hydrogen-bond donors (Lipinski definition) is 2. The molecule has 2 aromatic rings. The summed E-state index contributed by atoms with van der Waals surface area (Å²) in [6.07, 6.45) is 2.63. The van der Waals surface area contributed by atoms with Crippen LogP contribution in [0.25, 0.3) is 0 Å². The van der Waals surface area contributed by atoms with E-state index in [1.165, 1.54) is 6.21 Å². The molecule has 0 spiro atoms. The zero-order chi connectivity index (χ0) is 18.2. The summed E-state index contributed by atoms with van der Waals surface area (Å²) in [6, 6.07) is 11.6. The van der Waals surface area contributed by atoms with Crippen molar-refractivity contribution in [3.63, 3.8) is 0 Å². The molecule has 0 atom stereocenters. The fourth-order valence-corrected chi connectivity index (χ4v) is 2.50. The first-order chi connectivity index (χ1) is 12.0. The molecule has 130 valence electrons. The molecule has 2 amide bonds. The van der Waals surface area contributed by atoms with Crippen molar-refractivity contribution in [2.45, 2.75) is 19.8 Å². The highest BCUT2D eigenvalue weighted by Gasteiger charge is 2.06. The van der Waals surface area contributed by atoms with Crippen LogP contribution < -0.4 is 10.7 Å². The topological polar surface area (TPSA) is 70.6 Å². The van der Waals surface area contributed by atoms with Crippen LogP contribution in [0.1, 0.15) is 35.7 Å². The van der Waals surface area contributed by atoms with E-state index in [9.17, 15) is 9.59 Å². The van der Waals surface area contributed by atoms with E-state index in [1.807, 2.05) is 6.92 Å². The largest absolute Gasteiger partial charge is 0.326 e. The monoisotopic (exact) mass is 377 g/mol. The van der Waals surface area contributed by atoms with Crippen molar-refractivity contribution in [2.75, 3.05) is 5.32 Å². The van der Waals surface area contributed by atoms with Gasteiger partial charge in [-0.2, -0.15) is 5.10 Å². The van der Waals surface area contributed by atoms with E-state index in [0.29, 0.717) is 33.3 Å². The van der Waals surface area contributed by atoms with Crippen LogP contribution in [0.5, 0.6) is 0 Å². The lowest BCUT2D eigenvalue weighted by atomic mass is 10.2. The van der Waals surface area contributed by atoms with E-state index < -0.39 is 0 Å². The van der Waals surface area contributed by atoms with E-state index in [-0.39, 0.29) is 11.8 Å². The van der Waals surface area contributed by atoms with E-state index in [4.69, 9.17) is 23.2 Å². The van der Waals surface area contributed by atoms with Crippen molar-refractivity contribution in [3.05, 3.63) is 63.6 Å². The van der Waals surface area contributed by atoms with E-state index in [2.05, 4.69) is 15.8 Å². The lowest BCUT2D eigenvalue weighted by Crippen LogP contribution is -2.18. The molecule has 0 radical (unpaired) electrons. The first kappa shape index (κ1) is 19.0. The minimum atomic E-state index is -0.383. The number of rotatable bonds is 6. The summed E-state index contributed by atoms with van der Waals surface area (Å²) in [5.74, 6) is -0.438. The van der Waals surface area contributed by atoms with E-state index >= 15 is 0 Å². The standard InChI is InChI=1S/C18H17Cl2N3O2/c1-2-4-17(24)22-13-9-7-12(8-10-13)18(25)23-21-11-14-15(19)5-3-6-16(14)20/h3,5-11H,2,4H2,1H3,(H,22,24)(H,23,25). The average molecular weight is 378 g/mol. The Labute approximate surface area is 156 Å². The molecule has 0 aliphatic carbocycles. The number of nitrogens with one attached hydrogen (secondary N) is 2. The van der Waals surface area contributed by atoms with Gasteiger partial charge in [-0.3, -0.25) is 9.59 Å². The Balaban J connectivity index is 1.97. The van der Waals surface area contributed by atoms with Crippen molar-refractivity contribution in [3.8, 4) is 0 Å². The number of hydrazone groups is 1. The Bertz CT molecular complexity index is 769. The van der Waals surface area contributed by atoms with Gasteiger partial charge in [-0.25, -0.2) is 5.43 Å². The number of halogens is 2. The van der Waals surface area contributed by atoms with Crippen molar-refractivity contribution >= 4 is 46.9 Å². The van der Waals surface area contributed by atoms with Crippen LogP contribution in [0.4, 0.5) is 5.69 Å². The lowest BCUT2D eigenvalue weighted by molar-refractivity contribution is -0.116. The molecule has 2 aromatic carbocycles. The number of anilines is 1. The molecule has 2 rings (SSSR count). The molecule has 0 aliphatic heterocycles. The second-order valence-corrected chi connectivity index (χ2v) is 6.02. The van der Waals surface area contributed by atoms with Crippen molar-refractivity contribution < 1.29 is 9.59 Å². The molecule has 0 saturated carbocycles. The summed E-state index contributed by atoms with van der Waals surface area (Å²) in [5, 5.41) is 7.51. The number of hydrogen-bond acceptors (Lipinski definition) is 3. The van der Waals surface area contributed by atoms with E-state index in [1.54, 1.807) is 42.5 Å². The van der Waals surface area contributed by atoms with Crippen molar-refractivity contribution in [1.82, 2.24) is 5.43 Å². The lowest BCUT2D eigenvalue weighted by Gasteiger charge is -2.05. The second-order valence-electron chi connectivity index (χ2n) is 5.21. The summed E-state index contributed by atoms with van der Waals surface area (Å²) >= 11 is 12.0. The third-order valence-electron chi connectivity index (χ3n) is 3.27. The highest BCUT2D eigenvalue weighted by molar-refractivity contribution is 6.38. The van der Waals surface area contributed by atoms with Crippen molar-refractivity contribution in [2.24, 2.45) is 5.10 Å². The molecule has 5 nitrogen and oxygen atoms in total. The van der Waals surface area contributed by atoms with Gasteiger partial charge in [0.15, 0.2) is 0 Å². The Hall–Kier alpha value is -2.37. The summed E-state index contributed by atoms with van der Waals surface area (Å²) in [7, 11) is 0. The average Bonchev–Trinajstić information content (AvgIpc) is 2.58. The molecular formula is C18H17Cl2N3O2. The van der Waals surface area contributed by atoms with Gasteiger partial charge in [0, 0.05) is 23.2 Å². The first-order valence-electron chi connectivity index (χ1n) is 7.68. The zero-order valence-electron chi connectivity index (χ0n) is 13.6. The minimum Gasteiger partial charge on any atom is -0.326 e. The SMILES string of the molecule is CCCC(=O)Nc1ccc(C(=O)NN=Cc2c(Cl)cccc2Cl)cc1. The van der Waals surface area contributed by atoms with Gasteiger partial charge in [-0.15, -0.1) is 0 Å². The Morgan fingerprint density at radius 2 is 1.72 bits per heavy atom. The van der Waals surface area contributed by atoms with Gasteiger partial charge in [0.05, 0.1) is 16.3 Å². The Morgan fingerprint density at radius 1 is 1.08 bits per heavy atom. The summed E-state index contributed by atoms with van der Waals surface area (Å²) in [4.78, 5) is 23.6. The number of carbonyl (C=O) groups is 2.